The molecule has 2 aliphatic rings. The molecule has 1 heterocycles. The number of carbonyl (C=O) groups excluding carboxylic acids is 2. The molecule has 0 aromatic carbocycles. The van der Waals surface area contributed by atoms with Crippen LogP contribution in [0.1, 0.15) is 25.7 Å². The van der Waals surface area contributed by atoms with Crippen LogP contribution in [0.25, 0.3) is 0 Å². The zero-order chi connectivity index (χ0) is 19.5. The van der Waals surface area contributed by atoms with Crippen molar-refractivity contribution in [2.45, 2.75) is 48.6 Å². The molecule has 1 aliphatic heterocycles. The molecule has 1 fully saturated rings. The predicted molar refractivity (Wildman–Crippen MR) is 92.2 cm³/mol. The van der Waals surface area contributed by atoms with Crippen LogP contribution in [0.5, 0.6) is 0 Å². The van der Waals surface area contributed by atoms with Crippen LogP contribution in [0.2, 0.25) is 0 Å². The van der Waals surface area contributed by atoms with Crippen molar-refractivity contribution in [2.75, 3.05) is 12.4 Å². The number of nitrogens with one attached hydrogen (secondary N) is 1. The highest BCUT2D eigenvalue weighted by Crippen LogP contribution is 2.43. The Balaban J connectivity index is 2.03. The molecule has 1 saturated carbocycles. The Morgan fingerprint density at radius 1 is 1.38 bits per heavy atom. The zero-order valence-corrected chi connectivity index (χ0v) is 14.7. The van der Waals surface area contributed by atoms with Gasteiger partial charge in [0.05, 0.1) is 11.9 Å². The second-order valence-corrected chi connectivity index (χ2v) is 7.45. The van der Waals surface area contributed by atoms with Gasteiger partial charge < -0.3 is 26.4 Å². The Labute approximate surface area is 153 Å². The smallest absolute Gasteiger partial charge is 0.333 e. The van der Waals surface area contributed by atoms with Gasteiger partial charge in [-0.1, -0.05) is 0 Å². The first kappa shape index (κ1) is 20.3. The van der Waals surface area contributed by atoms with Gasteiger partial charge in [-0.2, -0.15) is 0 Å². The van der Waals surface area contributed by atoms with Gasteiger partial charge in [-0.3, -0.25) is 19.4 Å². The molecule has 0 aromatic rings. The number of carbonyl (C=O) groups is 4. The zero-order valence-electron chi connectivity index (χ0n) is 13.9. The van der Waals surface area contributed by atoms with E-state index in [2.05, 4.69) is 10.3 Å². The number of aliphatic hydroxyl groups excluding tert-OH is 1. The number of hydrogen-bond acceptors (Lipinski definition) is 8. The lowest BCUT2D eigenvalue weighted by atomic mass is 9.97. The summed E-state index contributed by atoms with van der Waals surface area (Å²) < 4.78 is 0. The molecule has 11 heteroatoms. The number of nitrogens with two attached hydrogens (primary N) is 1. The number of rotatable bonds is 8. The summed E-state index contributed by atoms with van der Waals surface area (Å²) in [7, 11) is 0. The van der Waals surface area contributed by atoms with E-state index in [1.165, 1.54) is 11.8 Å². The summed E-state index contributed by atoms with van der Waals surface area (Å²) in [4.78, 5) is 50.9. The van der Waals surface area contributed by atoms with E-state index in [1.807, 2.05) is 0 Å². The van der Waals surface area contributed by atoms with Gasteiger partial charge in [-0.25, -0.2) is 4.79 Å². The van der Waals surface area contributed by atoms with E-state index in [0.717, 1.165) is 0 Å². The summed E-state index contributed by atoms with van der Waals surface area (Å²) in [6.07, 6.45) is -0.0244. The standard InChI is InChI=1S/C15H21N3O7S/c16-8(13(22)23)2-1-3-10(21)17-11-9(20)4-15(14(24)25)12(11)26-6-7(5-19)18-15/h8,11-12,19H,1-6,16H2,(H,17,21)(H,22,23)(H,24,25)/t8?,11-,12-,15?/m1/s1. The van der Waals surface area contributed by atoms with Crippen LogP contribution in [0.4, 0.5) is 0 Å². The van der Waals surface area contributed by atoms with Crippen molar-refractivity contribution < 1.29 is 34.5 Å². The quantitative estimate of drug-likeness (QED) is 0.328. The number of Topliss-reactive ketones (excluding diaryl/α,β-unsaturated/α-hetero) is 1. The molecule has 144 valence electrons. The van der Waals surface area contributed by atoms with Gasteiger partial charge in [-0.05, 0) is 12.8 Å². The van der Waals surface area contributed by atoms with E-state index in [4.69, 9.17) is 10.8 Å². The number of carboxylic acids is 2. The highest BCUT2D eigenvalue weighted by atomic mass is 32.2. The van der Waals surface area contributed by atoms with E-state index < -0.39 is 46.5 Å². The van der Waals surface area contributed by atoms with E-state index in [-0.39, 0.29) is 38.0 Å². The predicted octanol–water partition coefficient (Wildman–Crippen LogP) is -1.60. The number of hydrogen-bond donors (Lipinski definition) is 5. The van der Waals surface area contributed by atoms with Crippen molar-refractivity contribution in [1.29, 1.82) is 0 Å². The number of nitrogens with zero attached hydrogens (tertiary/aromatic N) is 1. The van der Waals surface area contributed by atoms with Crippen LogP contribution < -0.4 is 11.1 Å². The Kier molecular flexibility index (Phi) is 6.37. The maximum Gasteiger partial charge on any atom is 0.333 e. The summed E-state index contributed by atoms with van der Waals surface area (Å²) in [5.41, 5.74) is 3.99. The van der Waals surface area contributed by atoms with Crippen LogP contribution in [0.3, 0.4) is 0 Å². The molecule has 1 amide bonds. The monoisotopic (exact) mass is 387 g/mol. The summed E-state index contributed by atoms with van der Waals surface area (Å²) >= 11 is 1.18. The van der Waals surface area contributed by atoms with Crippen molar-refractivity contribution >= 4 is 41.1 Å². The number of fused-ring (bicyclic) bond motifs is 1. The number of amides is 1. The lowest BCUT2D eigenvalue weighted by Crippen LogP contribution is -2.53. The number of carboxylic acid groups (broad SMARTS) is 2. The molecular weight excluding hydrogens is 366 g/mol. The lowest BCUT2D eigenvalue weighted by molar-refractivity contribution is -0.143. The van der Waals surface area contributed by atoms with E-state index in [9.17, 15) is 29.4 Å². The van der Waals surface area contributed by atoms with Crippen molar-refractivity contribution in [3.63, 3.8) is 0 Å². The molecule has 2 rings (SSSR count). The first-order valence-corrected chi connectivity index (χ1v) is 9.10. The van der Waals surface area contributed by atoms with Gasteiger partial charge in [0.1, 0.15) is 12.1 Å². The number of ketones is 1. The fourth-order valence-electron chi connectivity index (χ4n) is 3.09. The molecule has 0 saturated heterocycles. The maximum atomic E-state index is 12.3. The first-order chi connectivity index (χ1) is 12.2. The van der Waals surface area contributed by atoms with Gasteiger partial charge in [0, 0.05) is 24.3 Å². The first-order valence-electron chi connectivity index (χ1n) is 8.05. The van der Waals surface area contributed by atoms with E-state index >= 15 is 0 Å². The SMILES string of the molecule is NC(CCCC(=O)N[C@@H]1C(=O)CC2(C(=O)O)N=C(CO)CS[C@H]12)C(=O)O. The van der Waals surface area contributed by atoms with Crippen molar-refractivity contribution in [2.24, 2.45) is 10.7 Å². The lowest BCUT2D eigenvalue weighted by Gasteiger charge is -2.33. The van der Waals surface area contributed by atoms with E-state index in [1.54, 1.807) is 0 Å². The van der Waals surface area contributed by atoms with Gasteiger partial charge in [0.25, 0.3) is 0 Å². The summed E-state index contributed by atoms with van der Waals surface area (Å²) in [6, 6.07) is -2.04. The molecule has 0 radical (unpaired) electrons. The van der Waals surface area contributed by atoms with Crippen molar-refractivity contribution in [3.05, 3.63) is 0 Å². The molecule has 0 aromatic heterocycles. The molecule has 10 nitrogen and oxygen atoms in total. The van der Waals surface area contributed by atoms with Gasteiger partial charge in [0.2, 0.25) is 5.91 Å². The largest absolute Gasteiger partial charge is 0.480 e. The molecule has 0 spiro atoms. The number of aliphatic hydroxyl groups is 1. The Hall–Kier alpha value is -1.98. The number of aliphatic imine (C=N–C) groups is 1. The molecule has 6 N–H and O–H groups in total. The highest BCUT2D eigenvalue weighted by Gasteiger charge is 2.60. The van der Waals surface area contributed by atoms with Crippen molar-refractivity contribution in [1.82, 2.24) is 5.32 Å². The molecule has 2 unspecified atom stereocenters. The third kappa shape index (κ3) is 4.05. The molecule has 1 aliphatic carbocycles. The fraction of sp³-hybridized carbons (Fsp3) is 0.667. The molecule has 4 atom stereocenters. The third-order valence-electron chi connectivity index (χ3n) is 4.46. The van der Waals surface area contributed by atoms with Gasteiger partial charge >= 0.3 is 11.9 Å². The minimum Gasteiger partial charge on any atom is -0.480 e. The summed E-state index contributed by atoms with van der Waals surface area (Å²) in [5.74, 6) is -3.04. The Morgan fingerprint density at radius 3 is 2.65 bits per heavy atom. The van der Waals surface area contributed by atoms with Crippen LogP contribution in [-0.4, -0.2) is 79.9 Å². The molecular formula is C15H21N3O7S. The van der Waals surface area contributed by atoms with Crippen LogP contribution in [-0.2, 0) is 19.2 Å². The minimum absolute atomic E-state index is 0.0205. The van der Waals surface area contributed by atoms with Crippen LogP contribution >= 0.6 is 11.8 Å². The topological polar surface area (TPSA) is 179 Å². The average molecular weight is 387 g/mol. The second kappa shape index (κ2) is 8.14. The van der Waals surface area contributed by atoms with Crippen LogP contribution in [0.15, 0.2) is 4.99 Å². The Bertz CT molecular complexity index is 653. The highest BCUT2D eigenvalue weighted by molar-refractivity contribution is 8.00. The van der Waals surface area contributed by atoms with Gasteiger partial charge in [0.15, 0.2) is 11.3 Å². The molecule has 26 heavy (non-hydrogen) atoms. The minimum atomic E-state index is -1.68. The fourth-order valence-corrected chi connectivity index (χ4v) is 4.54. The van der Waals surface area contributed by atoms with E-state index in [0.29, 0.717) is 5.71 Å². The van der Waals surface area contributed by atoms with Crippen LogP contribution in [0, 0.1) is 0 Å². The summed E-state index contributed by atoms with van der Waals surface area (Å²) in [5, 5.41) is 29.3. The number of aliphatic carboxylic acids is 2. The number of thioether (sulfide) groups is 1. The van der Waals surface area contributed by atoms with Gasteiger partial charge in [-0.15, -0.1) is 11.8 Å². The molecule has 0 bridgehead atoms. The Morgan fingerprint density at radius 2 is 2.08 bits per heavy atom. The van der Waals surface area contributed by atoms with Crippen molar-refractivity contribution in [3.8, 4) is 0 Å². The third-order valence-corrected chi connectivity index (χ3v) is 5.98. The normalized spacial score (nSPS) is 28.8. The summed E-state index contributed by atoms with van der Waals surface area (Å²) in [6.45, 7) is -0.385. The maximum absolute atomic E-state index is 12.3. The average Bonchev–Trinajstić information content (AvgIpc) is 2.86. The second-order valence-electron chi connectivity index (χ2n) is 6.32.